The Balaban J connectivity index is 1.54. The van der Waals surface area contributed by atoms with Gasteiger partial charge < -0.3 is 10.1 Å². The van der Waals surface area contributed by atoms with Crippen LogP contribution in [-0.4, -0.2) is 49.3 Å². The second-order valence-electron chi connectivity index (χ2n) is 6.91. The number of pyridine rings is 1. The maximum atomic E-state index is 5.50. The van der Waals surface area contributed by atoms with Crippen molar-refractivity contribution >= 4 is 0 Å². The number of hydrogen-bond acceptors (Lipinski definition) is 4. The fourth-order valence-electron chi connectivity index (χ4n) is 3.90. The highest BCUT2D eigenvalue weighted by Gasteiger charge is 2.33. The van der Waals surface area contributed by atoms with Crippen LogP contribution < -0.4 is 5.32 Å². The lowest BCUT2D eigenvalue weighted by molar-refractivity contribution is 0.00713. The molecule has 0 amide bonds. The minimum Gasteiger partial charge on any atom is -0.379 e. The van der Waals surface area contributed by atoms with Gasteiger partial charge in [-0.3, -0.25) is 9.88 Å². The lowest BCUT2D eigenvalue weighted by Gasteiger charge is -2.42. The third-order valence-corrected chi connectivity index (χ3v) is 5.13. The lowest BCUT2D eigenvalue weighted by Crippen LogP contribution is -2.48. The normalized spacial score (nSPS) is 22.5. The van der Waals surface area contributed by atoms with Gasteiger partial charge in [-0.25, -0.2) is 0 Å². The molecule has 22 heavy (non-hydrogen) atoms. The van der Waals surface area contributed by atoms with E-state index in [1.807, 2.05) is 18.5 Å². The standard InChI is InChI=1S/C18H29N3O/c1-2-6-18(7-3-1,16-21-9-11-22-12-10-21)15-20-14-17-5-4-8-19-13-17/h4-5,8,13,20H,1-3,6-7,9-12,14-16H2. The molecular weight excluding hydrogens is 274 g/mol. The molecule has 2 heterocycles. The monoisotopic (exact) mass is 303 g/mol. The summed E-state index contributed by atoms with van der Waals surface area (Å²) in [5, 5.41) is 3.70. The van der Waals surface area contributed by atoms with Crippen LogP contribution in [0.5, 0.6) is 0 Å². The van der Waals surface area contributed by atoms with Crippen molar-refractivity contribution in [2.24, 2.45) is 5.41 Å². The average Bonchev–Trinajstić information content (AvgIpc) is 2.58. The molecule has 1 aromatic rings. The van der Waals surface area contributed by atoms with Crippen molar-refractivity contribution in [3.63, 3.8) is 0 Å². The van der Waals surface area contributed by atoms with Crippen molar-refractivity contribution in [2.45, 2.75) is 38.6 Å². The zero-order chi connectivity index (χ0) is 15.1. The molecule has 0 radical (unpaired) electrons. The number of ether oxygens (including phenoxy) is 1. The fraction of sp³-hybridized carbons (Fsp3) is 0.722. The number of morpholine rings is 1. The smallest absolute Gasteiger partial charge is 0.0594 e. The van der Waals surface area contributed by atoms with Gasteiger partial charge in [-0.05, 0) is 29.9 Å². The summed E-state index contributed by atoms with van der Waals surface area (Å²) >= 11 is 0. The second-order valence-corrected chi connectivity index (χ2v) is 6.91. The van der Waals surface area contributed by atoms with Crippen molar-refractivity contribution < 1.29 is 4.74 Å². The van der Waals surface area contributed by atoms with E-state index in [2.05, 4.69) is 21.3 Å². The van der Waals surface area contributed by atoms with Crippen molar-refractivity contribution in [1.82, 2.24) is 15.2 Å². The molecule has 4 heteroatoms. The van der Waals surface area contributed by atoms with Crippen LogP contribution in [0.2, 0.25) is 0 Å². The number of nitrogens with zero attached hydrogens (tertiary/aromatic N) is 2. The van der Waals surface area contributed by atoms with E-state index in [4.69, 9.17) is 4.74 Å². The molecule has 0 unspecified atom stereocenters. The summed E-state index contributed by atoms with van der Waals surface area (Å²) in [7, 11) is 0. The molecular formula is C18H29N3O. The van der Waals surface area contributed by atoms with Gasteiger partial charge >= 0.3 is 0 Å². The van der Waals surface area contributed by atoms with Gasteiger partial charge in [-0.15, -0.1) is 0 Å². The van der Waals surface area contributed by atoms with E-state index in [1.54, 1.807) is 0 Å². The highest BCUT2D eigenvalue weighted by molar-refractivity contribution is 5.08. The Hall–Kier alpha value is -0.970. The Morgan fingerprint density at radius 3 is 2.73 bits per heavy atom. The van der Waals surface area contributed by atoms with Crippen LogP contribution in [0.1, 0.15) is 37.7 Å². The van der Waals surface area contributed by atoms with Crippen LogP contribution >= 0.6 is 0 Å². The van der Waals surface area contributed by atoms with Crippen LogP contribution in [0.25, 0.3) is 0 Å². The molecule has 1 aliphatic carbocycles. The average molecular weight is 303 g/mol. The molecule has 1 saturated heterocycles. The molecule has 0 spiro atoms. The number of aromatic nitrogens is 1. The number of hydrogen-bond donors (Lipinski definition) is 1. The van der Waals surface area contributed by atoms with E-state index in [0.29, 0.717) is 5.41 Å². The van der Waals surface area contributed by atoms with Crippen molar-refractivity contribution in [3.05, 3.63) is 30.1 Å². The molecule has 0 aromatic carbocycles. The minimum atomic E-state index is 0.456. The maximum absolute atomic E-state index is 5.50. The Bertz CT molecular complexity index is 425. The van der Waals surface area contributed by atoms with Crippen LogP contribution in [0, 0.1) is 5.41 Å². The van der Waals surface area contributed by atoms with Gasteiger partial charge in [0.2, 0.25) is 0 Å². The second kappa shape index (κ2) is 8.04. The van der Waals surface area contributed by atoms with E-state index in [1.165, 1.54) is 44.2 Å². The van der Waals surface area contributed by atoms with E-state index >= 15 is 0 Å². The first-order valence-corrected chi connectivity index (χ1v) is 8.76. The van der Waals surface area contributed by atoms with Gasteiger partial charge in [0.1, 0.15) is 0 Å². The van der Waals surface area contributed by atoms with Crippen LogP contribution in [0.15, 0.2) is 24.5 Å². The zero-order valence-corrected chi connectivity index (χ0v) is 13.6. The summed E-state index contributed by atoms with van der Waals surface area (Å²) in [6, 6.07) is 4.16. The fourth-order valence-corrected chi connectivity index (χ4v) is 3.90. The van der Waals surface area contributed by atoms with Crippen molar-refractivity contribution in [2.75, 3.05) is 39.4 Å². The quantitative estimate of drug-likeness (QED) is 0.876. The Labute approximate surface area is 134 Å². The molecule has 4 nitrogen and oxygen atoms in total. The van der Waals surface area contributed by atoms with Gasteiger partial charge in [0.05, 0.1) is 13.2 Å². The summed E-state index contributed by atoms with van der Waals surface area (Å²) in [5.74, 6) is 0. The Morgan fingerprint density at radius 1 is 1.18 bits per heavy atom. The van der Waals surface area contributed by atoms with Gasteiger partial charge in [0.15, 0.2) is 0 Å². The van der Waals surface area contributed by atoms with Crippen molar-refractivity contribution in [1.29, 1.82) is 0 Å². The molecule has 1 saturated carbocycles. The van der Waals surface area contributed by atoms with E-state index in [-0.39, 0.29) is 0 Å². The summed E-state index contributed by atoms with van der Waals surface area (Å²) in [4.78, 5) is 6.81. The highest BCUT2D eigenvalue weighted by Crippen LogP contribution is 2.36. The van der Waals surface area contributed by atoms with Crippen molar-refractivity contribution in [3.8, 4) is 0 Å². The molecule has 3 rings (SSSR count). The molecule has 2 fully saturated rings. The van der Waals surface area contributed by atoms with Gasteiger partial charge in [0.25, 0.3) is 0 Å². The lowest BCUT2D eigenvalue weighted by atomic mass is 9.73. The van der Waals surface area contributed by atoms with E-state index in [0.717, 1.165) is 39.4 Å². The molecule has 1 aliphatic heterocycles. The van der Waals surface area contributed by atoms with E-state index in [9.17, 15) is 0 Å². The minimum absolute atomic E-state index is 0.456. The van der Waals surface area contributed by atoms with E-state index < -0.39 is 0 Å². The Morgan fingerprint density at radius 2 is 2.00 bits per heavy atom. The van der Waals surface area contributed by atoms with Crippen LogP contribution in [0.3, 0.4) is 0 Å². The number of nitrogens with one attached hydrogen (secondary N) is 1. The number of rotatable bonds is 6. The predicted molar refractivity (Wildman–Crippen MR) is 88.7 cm³/mol. The molecule has 0 bridgehead atoms. The summed E-state index contributed by atoms with van der Waals surface area (Å²) in [6.45, 7) is 7.29. The molecule has 1 N–H and O–H groups in total. The summed E-state index contributed by atoms with van der Waals surface area (Å²) in [6.07, 6.45) is 10.7. The van der Waals surface area contributed by atoms with Gasteiger partial charge in [0, 0.05) is 45.1 Å². The topological polar surface area (TPSA) is 37.4 Å². The van der Waals surface area contributed by atoms with Gasteiger partial charge in [-0.2, -0.15) is 0 Å². The highest BCUT2D eigenvalue weighted by atomic mass is 16.5. The maximum Gasteiger partial charge on any atom is 0.0594 e. The third kappa shape index (κ3) is 4.51. The zero-order valence-electron chi connectivity index (χ0n) is 13.6. The largest absolute Gasteiger partial charge is 0.379 e. The molecule has 1 aromatic heterocycles. The first kappa shape index (κ1) is 15.9. The molecule has 0 atom stereocenters. The molecule has 2 aliphatic rings. The van der Waals surface area contributed by atoms with Crippen LogP contribution in [0.4, 0.5) is 0 Å². The first-order valence-electron chi connectivity index (χ1n) is 8.76. The SMILES string of the molecule is c1cncc(CNCC2(CN3CCOCC3)CCCCC2)c1. The summed E-state index contributed by atoms with van der Waals surface area (Å²) in [5.41, 5.74) is 1.73. The van der Waals surface area contributed by atoms with Crippen LogP contribution in [-0.2, 0) is 11.3 Å². The molecule has 122 valence electrons. The summed E-state index contributed by atoms with van der Waals surface area (Å²) < 4.78 is 5.50. The first-order chi connectivity index (χ1) is 10.9. The van der Waals surface area contributed by atoms with Gasteiger partial charge in [-0.1, -0.05) is 25.3 Å². The third-order valence-electron chi connectivity index (χ3n) is 5.13. The Kier molecular flexibility index (Phi) is 5.82. The predicted octanol–water partition coefficient (Wildman–Crippen LogP) is 2.45.